The standard InChI is InChI=1S/C13H25NO2/c1-11(2)7-9-14-8-3-4-12(10-14)5-6-13(15)16/h11-12H,3-10H2,1-2H3,(H,15,16). The van der Waals surface area contributed by atoms with Crippen LogP contribution >= 0.6 is 0 Å². The van der Waals surface area contributed by atoms with Crippen molar-refractivity contribution in [3.05, 3.63) is 0 Å². The molecule has 0 aromatic rings. The smallest absolute Gasteiger partial charge is 0.303 e. The van der Waals surface area contributed by atoms with Crippen molar-refractivity contribution in [2.24, 2.45) is 11.8 Å². The van der Waals surface area contributed by atoms with E-state index in [1.54, 1.807) is 0 Å². The lowest BCUT2D eigenvalue weighted by molar-refractivity contribution is -0.137. The fraction of sp³-hybridized carbons (Fsp3) is 0.923. The SMILES string of the molecule is CC(C)CCN1CCCC(CCC(=O)O)C1. The van der Waals surface area contributed by atoms with Crippen LogP contribution in [0.4, 0.5) is 0 Å². The number of hydrogen-bond acceptors (Lipinski definition) is 2. The van der Waals surface area contributed by atoms with E-state index in [1.165, 1.54) is 32.4 Å². The van der Waals surface area contributed by atoms with Crippen LogP contribution in [0, 0.1) is 11.8 Å². The molecule has 94 valence electrons. The van der Waals surface area contributed by atoms with Crippen molar-refractivity contribution < 1.29 is 9.90 Å². The quantitative estimate of drug-likeness (QED) is 0.758. The zero-order valence-electron chi connectivity index (χ0n) is 10.6. The monoisotopic (exact) mass is 227 g/mol. The second kappa shape index (κ2) is 6.89. The molecule has 3 heteroatoms. The molecule has 1 atom stereocenters. The maximum atomic E-state index is 10.5. The van der Waals surface area contributed by atoms with E-state index in [9.17, 15) is 4.79 Å². The van der Waals surface area contributed by atoms with Crippen molar-refractivity contribution in [2.75, 3.05) is 19.6 Å². The van der Waals surface area contributed by atoms with E-state index < -0.39 is 5.97 Å². The molecular formula is C13H25NO2. The zero-order valence-corrected chi connectivity index (χ0v) is 10.6. The summed E-state index contributed by atoms with van der Waals surface area (Å²) in [5, 5.41) is 8.67. The third-order valence-corrected chi connectivity index (χ3v) is 3.39. The minimum Gasteiger partial charge on any atom is -0.481 e. The Bertz CT molecular complexity index is 216. The van der Waals surface area contributed by atoms with Gasteiger partial charge in [0, 0.05) is 13.0 Å². The largest absolute Gasteiger partial charge is 0.481 e. The Morgan fingerprint density at radius 2 is 2.25 bits per heavy atom. The molecule has 1 aliphatic heterocycles. The minimum absolute atomic E-state index is 0.336. The van der Waals surface area contributed by atoms with Gasteiger partial charge in [0.25, 0.3) is 0 Å². The maximum absolute atomic E-state index is 10.5. The molecule has 1 unspecified atom stereocenters. The van der Waals surface area contributed by atoms with Crippen LogP contribution in [0.5, 0.6) is 0 Å². The van der Waals surface area contributed by atoms with E-state index in [-0.39, 0.29) is 0 Å². The van der Waals surface area contributed by atoms with Crippen LogP contribution in [0.2, 0.25) is 0 Å². The van der Waals surface area contributed by atoms with Gasteiger partial charge in [-0.15, -0.1) is 0 Å². The van der Waals surface area contributed by atoms with Gasteiger partial charge in [-0.2, -0.15) is 0 Å². The number of carbonyl (C=O) groups is 1. The van der Waals surface area contributed by atoms with E-state index >= 15 is 0 Å². The Labute approximate surface area is 98.8 Å². The van der Waals surface area contributed by atoms with Gasteiger partial charge < -0.3 is 10.0 Å². The topological polar surface area (TPSA) is 40.5 Å². The van der Waals surface area contributed by atoms with E-state index in [0.717, 1.165) is 18.9 Å². The summed E-state index contributed by atoms with van der Waals surface area (Å²) in [6.07, 6.45) is 4.90. The number of nitrogens with zero attached hydrogens (tertiary/aromatic N) is 1. The molecule has 0 aromatic carbocycles. The molecule has 0 spiro atoms. The third kappa shape index (κ3) is 5.50. The van der Waals surface area contributed by atoms with Crippen LogP contribution in [-0.4, -0.2) is 35.6 Å². The Hall–Kier alpha value is -0.570. The summed E-state index contributed by atoms with van der Waals surface area (Å²) in [6.45, 7) is 8.01. The summed E-state index contributed by atoms with van der Waals surface area (Å²) in [5.41, 5.74) is 0. The first-order chi connectivity index (χ1) is 7.58. The van der Waals surface area contributed by atoms with Gasteiger partial charge in [-0.3, -0.25) is 4.79 Å². The molecular weight excluding hydrogens is 202 g/mol. The Morgan fingerprint density at radius 1 is 1.50 bits per heavy atom. The minimum atomic E-state index is -0.653. The summed E-state index contributed by atoms with van der Waals surface area (Å²) in [7, 11) is 0. The molecule has 1 rings (SSSR count). The first-order valence-electron chi connectivity index (χ1n) is 6.52. The summed E-state index contributed by atoms with van der Waals surface area (Å²) >= 11 is 0. The lowest BCUT2D eigenvalue weighted by Crippen LogP contribution is -2.36. The predicted molar refractivity (Wildman–Crippen MR) is 65.5 cm³/mol. The van der Waals surface area contributed by atoms with Crippen molar-refractivity contribution in [3.63, 3.8) is 0 Å². The molecule has 0 amide bonds. The van der Waals surface area contributed by atoms with Crippen LogP contribution in [0.3, 0.4) is 0 Å². The molecule has 1 heterocycles. The predicted octanol–water partition coefficient (Wildman–Crippen LogP) is 2.61. The first-order valence-corrected chi connectivity index (χ1v) is 6.52. The van der Waals surface area contributed by atoms with E-state index in [4.69, 9.17) is 5.11 Å². The molecule has 0 saturated carbocycles. The number of likely N-dealkylation sites (tertiary alicyclic amines) is 1. The number of aliphatic carboxylic acids is 1. The van der Waals surface area contributed by atoms with Crippen LogP contribution in [0.15, 0.2) is 0 Å². The van der Waals surface area contributed by atoms with Crippen molar-refractivity contribution >= 4 is 5.97 Å². The summed E-state index contributed by atoms with van der Waals surface area (Å²) in [4.78, 5) is 13.0. The molecule has 0 aromatic heterocycles. The molecule has 1 saturated heterocycles. The average Bonchev–Trinajstić information content (AvgIpc) is 2.24. The Balaban J connectivity index is 2.21. The average molecular weight is 227 g/mol. The molecule has 3 nitrogen and oxygen atoms in total. The van der Waals surface area contributed by atoms with Crippen molar-refractivity contribution in [3.8, 4) is 0 Å². The second-order valence-electron chi connectivity index (χ2n) is 5.42. The summed E-state index contributed by atoms with van der Waals surface area (Å²) < 4.78 is 0. The van der Waals surface area contributed by atoms with Crippen LogP contribution in [0.25, 0.3) is 0 Å². The first kappa shape index (κ1) is 13.5. The maximum Gasteiger partial charge on any atom is 0.303 e. The fourth-order valence-corrected chi connectivity index (χ4v) is 2.36. The highest BCUT2D eigenvalue weighted by atomic mass is 16.4. The normalized spacial score (nSPS) is 22.6. The number of carboxylic acid groups (broad SMARTS) is 1. The van der Waals surface area contributed by atoms with Crippen LogP contribution in [-0.2, 0) is 4.79 Å². The van der Waals surface area contributed by atoms with Gasteiger partial charge in [0.15, 0.2) is 0 Å². The lowest BCUT2D eigenvalue weighted by Gasteiger charge is -2.33. The van der Waals surface area contributed by atoms with Crippen molar-refractivity contribution in [1.82, 2.24) is 4.90 Å². The van der Waals surface area contributed by atoms with Crippen LogP contribution in [0.1, 0.15) is 46.0 Å². The Kier molecular flexibility index (Phi) is 5.81. The molecule has 0 bridgehead atoms. The van der Waals surface area contributed by atoms with E-state index in [0.29, 0.717) is 12.3 Å². The number of hydrogen-bond donors (Lipinski definition) is 1. The van der Waals surface area contributed by atoms with Crippen molar-refractivity contribution in [1.29, 1.82) is 0 Å². The highest BCUT2D eigenvalue weighted by Gasteiger charge is 2.20. The number of carboxylic acids is 1. The molecule has 1 N–H and O–H groups in total. The van der Waals surface area contributed by atoms with Gasteiger partial charge in [-0.25, -0.2) is 0 Å². The number of rotatable bonds is 6. The van der Waals surface area contributed by atoms with Gasteiger partial charge >= 0.3 is 5.97 Å². The second-order valence-corrected chi connectivity index (χ2v) is 5.42. The molecule has 1 fully saturated rings. The van der Waals surface area contributed by atoms with Crippen LogP contribution < -0.4 is 0 Å². The highest BCUT2D eigenvalue weighted by molar-refractivity contribution is 5.66. The molecule has 0 aliphatic carbocycles. The molecule has 0 radical (unpaired) electrons. The third-order valence-electron chi connectivity index (χ3n) is 3.39. The van der Waals surface area contributed by atoms with E-state index in [2.05, 4.69) is 18.7 Å². The highest BCUT2D eigenvalue weighted by Crippen LogP contribution is 2.21. The molecule has 16 heavy (non-hydrogen) atoms. The number of piperidine rings is 1. The lowest BCUT2D eigenvalue weighted by atomic mass is 9.93. The Morgan fingerprint density at radius 3 is 2.88 bits per heavy atom. The van der Waals surface area contributed by atoms with Gasteiger partial charge in [-0.05, 0) is 50.6 Å². The van der Waals surface area contributed by atoms with Gasteiger partial charge in [0.05, 0.1) is 0 Å². The summed E-state index contributed by atoms with van der Waals surface area (Å²) in [6, 6.07) is 0. The fourth-order valence-electron chi connectivity index (χ4n) is 2.36. The van der Waals surface area contributed by atoms with Gasteiger partial charge in [0.1, 0.15) is 0 Å². The van der Waals surface area contributed by atoms with Crippen molar-refractivity contribution in [2.45, 2.75) is 46.0 Å². The van der Waals surface area contributed by atoms with E-state index in [1.807, 2.05) is 0 Å². The van der Waals surface area contributed by atoms with Gasteiger partial charge in [-0.1, -0.05) is 13.8 Å². The summed E-state index contributed by atoms with van der Waals surface area (Å²) in [5.74, 6) is 0.718. The van der Waals surface area contributed by atoms with Gasteiger partial charge in [0.2, 0.25) is 0 Å². The molecule has 1 aliphatic rings. The zero-order chi connectivity index (χ0) is 12.0.